The number of rotatable bonds is 10. The van der Waals surface area contributed by atoms with Crippen molar-refractivity contribution in [1.82, 2.24) is 10.2 Å². The van der Waals surface area contributed by atoms with Crippen molar-refractivity contribution in [2.45, 2.75) is 51.2 Å². The highest BCUT2D eigenvalue weighted by Crippen LogP contribution is 2.27. The molecule has 1 aliphatic carbocycles. The average Bonchev–Trinajstić information content (AvgIpc) is 2.63. The Labute approximate surface area is 171 Å². The molecule has 160 valence electrons. The highest BCUT2D eigenvalue weighted by Gasteiger charge is 2.30. The minimum absolute atomic E-state index is 0.0782. The molecule has 0 radical (unpaired) electrons. The van der Waals surface area contributed by atoms with E-state index in [2.05, 4.69) is 15.5 Å². The summed E-state index contributed by atoms with van der Waals surface area (Å²) < 4.78 is 4.86. The first-order valence-corrected chi connectivity index (χ1v) is 10.1. The Kier molecular flexibility index (Phi) is 9.08. The van der Waals surface area contributed by atoms with Gasteiger partial charge in [-0.2, -0.15) is 0 Å². The highest BCUT2D eigenvalue weighted by molar-refractivity contribution is 5.97. The molecule has 0 unspecified atom stereocenters. The summed E-state index contributed by atoms with van der Waals surface area (Å²) in [5.74, 6) is -1.11. The molecule has 8 heteroatoms. The number of anilines is 1. The van der Waals surface area contributed by atoms with Crippen molar-refractivity contribution in [2.24, 2.45) is 5.92 Å². The van der Waals surface area contributed by atoms with Gasteiger partial charge in [0.2, 0.25) is 5.91 Å². The molecule has 29 heavy (non-hydrogen) atoms. The van der Waals surface area contributed by atoms with E-state index < -0.39 is 18.1 Å². The van der Waals surface area contributed by atoms with E-state index in [1.165, 1.54) is 0 Å². The van der Waals surface area contributed by atoms with E-state index >= 15 is 0 Å². The van der Waals surface area contributed by atoms with Crippen LogP contribution >= 0.6 is 0 Å². The molecule has 8 nitrogen and oxygen atoms in total. The second-order valence-corrected chi connectivity index (χ2v) is 7.68. The molecule has 0 aromatic heterocycles. The molecule has 1 saturated carbocycles. The van der Waals surface area contributed by atoms with E-state index in [1.807, 2.05) is 14.1 Å². The predicted octanol–water partition coefficient (Wildman–Crippen LogP) is 2.27. The van der Waals surface area contributed by atoms with Crippen LogP contribution in [0.25, 0.3) is 0 Å². The van der Waals surface area contributed by atoms with E-state index in [-0.39, 0.29) is 18.4 Å². The predicted molar refractivity (Wildman–Crippen MR) is 109 cm³/mol. The van der Waals surface area contributed by atoms with Crippen LogP contribution in [-0.2, 0) is 20.9 Å². The smallest absolute Gasteiger partial charge is 0.392 e. The van der Waals surface area contributed by atoms with Crippen molar-refractivity contribution < 1.29 is 24.2 Å². The number of nitrogens with one attached hydrogen (secondary N) is 2. The van der Waals surface area contributed by atoms with Crippen LogP contribution in [0.1, 0.15) is 44.1 Å². The first-order valence-electron chi connectivity index (χ1n) is 10.1. The van der Waals surface area contributed by atoms with Crippen molar-refractivity contribution in [1.29, 1.82) is 0 Å². The van der Waals surface area contributed by atoms with Crippen molar-refractivity contribution in [3.05, 3.63) is 29.8 Å². The topological polar surface area (TPSA) is 108 Å². The monoisotopic (exact) mass is 405 g/mol. The summed E-state index contributed by atoms with van der Waals surface area (Å²) in [6, 6.07) is 5.98. The van der Waals surface area contributed by atoms with Gasteiger partial charge in [-0.1, -0.05) is 18.6 Å². The number of carbonyl (C=O) groups excluding carboxylic acids is 3. The number of alkyl carbamates (subject to hydrolysis) is 1. The van der Waals surface area contributed by atoms with Gasteiger partial charge in [0.1, 0.15) is 6.04 Å². The number of aliphatic hydroxyl groups excluding tert-OH is 1. The lowest BCUT2D eigenvalue weighted by molar-refractivity contribution is -0.145. The molecule has 0 heterocycles. The van der Waals surface area contributed by atoms with Crippen LogP contribution in [0.2, 0.25) is 0 Å². The van der Waals surface area contributed by atoms with Crippen molar-refractivity contribution >= 4 is 23.7 Å². The Hall–Kier alpha value is -2.45. The molecule has 1 atom stereocenters. The summed E-state index contributed by atoms with van der Waals surface area (Å²) in [4.78, 5) is 38.7. The molecule has 1 aromatic carbocycles. The number of amides is 2. The van der Waals surface area contributed by atoms with Gasteiger partial charge >= 0.3 is 12.1 Å². The number of esters is 1. The van der Waals surface area contributed by atoms with Gasteiger partial charge < -0.3 is 25.4 Å². The minimum atomic E-state index is -0.884. The number of carbonyl (C=O) groups is 3. The summed E-state index contributed by atoms with van der Waals surface area (Å²) in [5.41, 5.74) is 1.30. The van der Waals surface area contributed by atoms with Gasteiger partial charge in [-0.05, 0) is 70.4 Å². The van der Waals surface area contributed by atoms with Crippen LogP contribution in [0.4, 0.5) is 10.5 Å². The van der Waals surface area contributed by atoms with Gasteiger partial charge in [-0.3, -0.25) is 9.59 Å². The van der Waals surface area contributed by atoms with Crippen LogP contribution < -0.4 is 10.6 Å². The second-order valence-electron chi connectivity index (χ2n) is 7.68. The molecule has 1 aromatic rings. The molecule has 0 saturated heterocycles. The Bertz CT molecular complexity index is 686. The third-order valence-electron chi connectivity index (χ3n) is 4.99. The number of ether oxygens (including phenoxy) is 1. The number of benzene rings is 1. The van der Waals surface area contributed by atoms with Crippen molar-refractivity contribution in [2.75, 3.05) is 26.0 Å². The first kappa shape index (κ1) is 22.8. The van der Waals surface area contributed by atoms with Gasteiger partial charge in [0.15, 0.2) is 0 Å². The fourth-order valence-corrected chi connectivity index (χ4v) is 2.96. The number of unbranched alkanes of at least 4 members (excludes halogenated alkanes) is 1. The molecule has 3 N–H and O–H groups in total. The van der Waals surface area contributed by atoms with Crippen LogP contribution in [0.3, 0.4) is 0 Å². The lowest BCUT2D eigenvalue weighted by Crippen LogP contribution is -2.45. The molecule has 0 bridgehead atoms. The lowest BCUT2D eigenvalue weighted by atomic mass is 9.86. The first-order chi connectivity index (χ1) is 13.9. The molecular formula is C21H31N3O5. The van der Waals surface area contributed by atoms with Crippen molar-refractivity contribution in [3.63, 3.8) is 0 Å². The Morgan fingerprint density at radius 2 is 1.86 bits per heavy atom. The molecule has 0 spiro atoms. The van der Waals surface area contributed by atoms with Gasteiger partial charge in [0, 0.05) is 5.69 Å². The second kappa shape index (κ2) is 11.5. The zero-order valence-electron chi connectivity index (χ0n) is 17.1. The van der Waals surface area contributed by atoms with Crippen LogP contribution in [0.15, 0.2) is 24.3 Å². The van der Waals surface area contributed by atoms with Gasteiger partial charge in [-0.25, -0.2) is 4.79 Å². The summed E-state index contributed by atoms with van der Waals surface area (Å²) in [7, 11) is 3.95. The fourth-order valence-electron chi connectivity index (χ4n) is 2.96. The van der Waals surface area contributed by atoms with Gasteiger partial charge in [0.25, 0.3) is 0 Å². The normalized spacial score (nSPS) is 14.8. The number of aliphatic hydroxyl groups is 1. The molecule has 2 amide bonds. The Balaban J connectivity index is 1.93. The maximum absolute atomic E-state index is 12.7. The zero-order valence-corrected chi connectivity index (χ0v) is 17.1. The number of hydrogen-bond donors (Lipinski definition) is 3. The Morgan fingerprint density at radius 3 is 2.41 bits per heavy atom. The molecule has 1 fully saturated rings. The zero-order chi connectivity index (χ0) is 21.2. The maximum atomic E-state index is 12.7. The van der Waals surface area contributed by atoms with Gasteiger partial charge in [0.05, 0.1) is 12.5 Å². The molecular weight excluding hydrogens is 374 g/mol. The van der Waals surface area contributed by atoms with E-state index in [0.717, 1.165) is 44.2 Å². The van der Waals surface area contributed by atoms with Crippen LogP contribution in [0.5, 0.6) is 0 Å². The standard InChI is InChI=1S/C21H31N3O5/c1-24(2)13-4-3-8-18(23-21(28)29-20(27)16-6-5-7-16)19(26)22-17-11-9-15(14-25)10-12-17/h9-12,16,18,25H,3-8,13-14H2,1-2H3,(H,22,26)(H,23,28)/t18-/m0/s1. The Morgan fingerprint density at radius 1 is 1.17 bits per heavy atom. The molecule has 1 aliphatic rings. The summed E-state index contributed by atoms with van der Waals surface area (Å²) in [6.07, 6.45) is 3.60. The summed E-state index contributed by atoms with van der Waals surface area (Å²) in [5, 5.41) is 14.4. The third kappa shape index (κ3) is 7.83. The van der Waals surface area contributed by atoms with Gasteiger partial charge in [-0.15, -0.1) is 0 Å². The van der Waals surface area contributed by atoms with E-state index in [4.69, 9.17) is 9.84 Å². The largest absolute Gasteiger partial charge is 0.415 e. The van der Waals surface area contributed by atoms with Crippen LogP contribution in [0, 0.1) is 5.92 Å². The summed E-state index contributed by atoms with van der Waals surface area (Å²) in [6.45, 7) is 0.798. The number of nitrogens with zero attached hydrogens (tertiary/aromatic N) is 1. The summed E-state index contributed by atoms with van der Waals surface area (Å²) >= 11 is 0. The fraction of sp³-hybridized carbons (Fsp3) is 0.571. The SMILES string of the molecule is CN(C)CCCC[C@H](NC(=O)OC(=O)C1CCC1)C(=O)Nc1ccc(CO)cc1. The molecule has 2 rings (SSSR count). The molecule has 0 aliphatic heterocycles. The quantitative estimate of drug-likeness (QED) is 0.313. The highest BCUT2D eigenvalue weighted by atomic mass is 16.6. The third-order valence-corrected chi connectivity index (χ3v) is 4.99. The number of hydrogen-bond acceptors (Lipinski definition) is 6. The van der Waals surface area contributed by atoms with Crippen LogP contribution in [-0.4, -0.2) is 54.7 Å². The average molecular weight is 405 g/mol. The lowest BCUT2D eigenvalue weighted by Gasteiger charge is -2.23. The minimum Gasteiger partial charge on any atom is -0.392 e. The maximum Gasteiger partial charge on any atom is 0.415 e. The van der Waals surface area contributed by atoms with E-state index in [0.29, 0.717) is 12.1 Å². The van der Waals surface area contributed by atoms with Crippen molar-refractivity contribution in [3.8, 4) is 0 Å². The van der Waals surface area contributed by atoms with E-state index in [1.54, 1.807) is 24.3 Å². The van der Waals surface area contributed by atoms with E-state index in [9.17, 15) is 14.4 Å².